The fourth-order valence-electron chi connectivity index (χ4n) is 2.59. The lowest BCUT2D eigenvalue weighted by molar-refractivity contribution is 0.0788. The maximum atomic E-state index is 12.5. The number of benzene rings is 1. The number of nitrogens with one attached hydrogen (secondary N) is 1. The first kappa shape index (κ1) is 15.5. The highest BCUT2D eigenvalue weighted by atomic mass is 16.5. The van der Waals surface area contributed by atoms with Crippen LogP contribution in [-0.2, 0) is 6.42 Å². The van der Waals surface area contributed by atoms with E-state index >= 15 is 0 Å². The van der Waals surface area contributed by atoms with Crippen molar-refractivity contribution in [1.29, 1.82) is 0 Å². The van der Waals surface area contributed by atoms with Gasteiger partial charge in [-0.2, -0.15) is 4.98 Å². The fraction of sp³-hybridized carbons (Fsp3) is 0.353. The molecule has 1 aliphatic carbocycles. The van der Waals surface area contributed by atoms with Crippen molar-refractivity contribution in [3.63, 3.8) is 0 Å². The van der Waals surface area contributed by atoms with Crippen molar-refractivity contribution < 1.29 is 9.32 Å². The van der Waals surface area contributed by atoms with Crippen molar-refractivity contribution in [2.45, 2.75) is 25.2 Å². The van der Waals surface area contributed by atoms with Crippen LogP contribution in [0.15, 0.2) is 33.6 Å². The minimum atomic E-state index is -0.494. The largest absolute Gasteiger partial charge is 0.340 e. The number of carbonyl (C=O) groups excluding carboxylic acids is 1. The zero-order valence-corrected chi connectivity index (χ0v) is 13.7. The molecule has 0 saturated heterocycles. The van der Waals surface area contributed by atoms with Gasteiger partial charge in [0.2, 0.25) is 5.89 Å². The van der Waals surface area contributed by atoms with Gasteiger partial charge < -0.3 is 14.4 Å². The van der Waals surface area contributed by atoms with Crippen LogP contribution < -0.4 is 5.56 Å². The summed E-state index contributed by atoms with van der Waals surface area (Å²) in [6.07, 6.45) is 2.65. The number of hydrogen-bond acceptors (Lipinski definition) is 6. The lowest BCUT2D eigenvalue weighted by atomic mass is 10.2. The van der Waals surface area contributed by atoms with E-state index < -0.39 is 11.5 Å². The van der Waals surface area contributed by atoms with Crippen LogP contribution in [0.1, 0.15) is 41.0 Å². The van der Waals surface area contributed by atoms with Gasteiger partial charge in [-0.25, -0.2) is 4.98 Å². The van der Waals surface area contributed by atoms with Gasteiger partial charge in [0.25, 0.3) is 11.5 Å². The summed E-state index contributed by atoms with van der Waals surface area (Å²) in [5.41, 5.74) is 0.566. The molecule has 8 heteroatoms. The van der Waals surface area contributed by atoms with E-state index in [9.17, 15) is 9.59 Å². The third-order valence-electron chi connectivity index (χ3n) is 4.23. The minimum Gasteiger partial charge on any atom is -0.340 e. The molecule has 1 N–H and O–H groups in total. The summed E-state index contributed by atoms with van der Waals surface area (Å²) in [6, 6.07) is 7.10. The summed E-state index contributed by atoms with van der Waals surface area (Å²) >= 11 is 0. The van der Waals surface area contributed by atoms with Crippen LogP contribution in [-0.4, -0.2) is 44.5 Å². The Bertz CT molecular complexity index is 989. The molecule has 2 aromatic heterocycles. The van der Waals surface area contributed by atoms with Crippen LogP contribution in [0.5, 0.6) is 0 Å². The van der Waals surface area contributed by atoms with Crippen molar-refractivity contribution in [3.05, 3.63) is 52.0 Å². The highest BCUT2D eigenvalue weighted by Gasteiger charge is 2.29. The number of H-pyrrole nitrogens is 1. The molecule has 8 nitrogen and oxygen atoms in total. The maximum absolute atomic E-state index is 12.5. The van der Waals surface area contributed by atoms with Crippen LogP contribution in [0.3, 0.4) is 0 Å². The van der Waals surface area contributed by atoms with Crippen LogP contribution in [0.25, 0.3) is 11.0 Å². The van der Waals surface area contributed by atoms with E-state index in [4.69, 9.17) is 4.52 Å². The Morgan fingerprint density at radius 1 is 1.32 bits per heavy atom. The Balaban J connectivity index is 1.47. The van der Waals surface area contributed by atoms with Crippen molar-refractivity contribution in [2.75, 3.05) is 13.6 Å². The monoisotopic (exact) mass is 339 g/mol. The second kappa shape index (κ2) is 6.12. The highest BCUT2D eigenvalue weighted by Crippen LogP contribution is 2.38. The molecule has 1 fully saturated rings. The van der Waals surface area contributed by atoms with Gasteiger partial charge in [0, 0.05) is 25.9 Å². The third kappa shape index (κ3) is 3.15. The predicted octanol–water partition coefficient (Wildman–Crippen LogP) is 1.50. The number of aromatic amines is 1. The minimum absolute atomic E-state index is 0.118. The molecule has 2 heterocycles. The lowest BCUT2D eigenvalue weighted by Crippen LogP contribution is -2.34. The van der Waals surface area contributed by atoms with E-state index in [1.165, 1.54) is 4.90 Å². The van der Waals surface area contributed by atoms with Crippen LogP contribution in [0.2, 0.25) is 0 Å². The summed E-state index contributed by atoms with van der Waals surface area (Å²) < 4.78 is 5.20. The summed E-state index contributed by atoms with van der Waals surface area (Å²) in [7, 11) is 1.63. The molecule has 0 unspecified atom stereocenters. The summed E-state index contributed by atoms with van der Waals surface area (Å²) in [4.78, 5) is 37.3. The standard InChI is InChI=1S/C17H17N5O3/c1-22(9-8-13-20-16(25-21-13)10-6-7-10)17(24)14-15(23)19-12-5-3-2-4-11(12)18-14/h2-5,10H,6-9H2,1H3,(H,19,23). The second-order valence-electron chi connectivity index (χ2n) is 6.23. The number of carbonyl (C=O) groups is 1. The van der Waals surface area contributed by atoms with E-state index in [0.717, 1.165) is 12.8 Å². The number of likely N-dealkylation sites (N-methyl/N-ethyl adjacent to an activating group) is 1. The van der Waals surface area contributed by atoms with E-state index in [0.29, 0.717) is 41.6 Å². The van der Waals surface area contributed by atoms with E-state index in [2.05, 4.69) is 20.1 Å². The first-order chi connectivity index (χ1) is 12.1. The molecule has 0 bridgehead atoms. The Hall–Kier alpha value is -3.03. The quantitative estimate of drug-likeness (QED) is 0.755. The normalized spacial score (nSPS) is 14.0. The number of fused-ring (bicyclic) bond motifs is 1. The van der Waals surface area contributed by atoms with Crippen molar-refractivity contribution in [1.82, 2.24) is 25.0 Å². The van der Waals surface area contributed by atoms with Gasteiger partial charge in [0.05, 0.1) is 11.0 Å². The van der Waals surface area contributed by atoms with E-state index in [1.807, 2.05) is 0 Å². The fourth-order valence-corrected chi connectivity index (χ4v) is 2.59. The van der Waals surface area contributed by atoms with E-state index in [1.54, 1.807) is 31.3 Å². The van der Waals surface area contributed by atoms with Crippen molar-refractivity contribution in [2.24, 2.45) is 0 Å². The zero-order valence-electron chi connectivity index (χ0n) is 13.7. The van der Waals surface area contributed by atoms with Crippen molar-refractivity contribution >= 4 is 16.9 Å². The molecule has 1 aromatic carbocycles. The number of nitrogens with zero attached hydrogens (tertiary/aromatic N) is 4. The second-order valence-corrected chi connectivity index (χ2v) is 6.23. The maximum Gasteiger partial charge on any atom is 0.280 e. The molecular formula is C17H17N5O3. The molecular weight excluding hydrogens is 322 g/mol. The first-order valence-electron chi connectivity index (χ1n) is 8.19. The van der Waals surface area contributed by atoms with Gasteiger partial charge in [-0.3, -0.25) is 9.59 Å². The van der Waals surface area contributed by atoms with Crippen molar-refractivity contribution in [3.8, 4) is 0 Å². The Kier molecular flexibility index (Phi) is 3.79. The molecule has 0 radical (unpaired) electrons. The smallest absolute Gasteiger partial charge is 0.280 e. The molecule has 1 aliphatic rings. The molecule has 0 aliphatic heterocycles. The van der Waals surface area contributed by atoms with Gasteiger partial charge in [0.15, 0.2) is 11.5 Å². The molecule has 1 amide bonds. The van der Waals surface area contributed by atoms with E-state index in [-0.39, 0.29) is 5.69 Å². The zero-order chi connectivity index (χ0) is 17.4. The molecule has 4 rings (SSSR count). The number of hydrogen-bond donors (Lipinski definition) is 1. The van der Waals surface area contributed by atoms with Gasteiger partial charge in [-0.1, -0.05) is 17.3 Å². The average molecular weight is 339 g/mol. The number of rotatable bonds is 5. The summed E-state index contributed by atoms with van der Waals surface area (Å²) in [5, 5.41) is 3.93. The highest BCUT2D eigenvalue weighted by molar-refractivity contribution is 5.93. The first-order valence-corrected chi connectivity index (χ1v) is 8.19. The van der Waals surface area contributed by atoms with Crippen LogP contribution in [0, 0.1) is 0 Å². The molecule has 25 heavy (non-hydrogen) atoms. The molecule has 0 spiro atoms. The topological polar surface area (TPSA) is 105 Å². The average Bonchev–Trinajstić information content (AvgIpc) is 3.37. The molecule has 0 atom stereocenters. The van der Waals surface area contributed by atoms with Gasteiger partial charge in [-0.15, -0.1) is 0 Å². The number of para-hydroxylation sites is 2. The SMILES string of the molecule is CN(CCc1noc(C2CC2)n1)C(=O)c1nc2ccccc2[nH]c1=O. The van der Waals surface area contributed by atoms with Crippen LogP contribution in [0.4, 0.5) is 0 Å². The third-order valence-corrected chi connectivity index (χ3v) is 4.23. The number of aromatic nitrogens is 4. The Morgan fingerprint density at radius 3 is 2.92 bits per heavy atom. The summed E-state index contributed by atoms with van der Waals surface area (Å²) in [6.45, 7) is 0.371. The predicted molar refractivity (Wildman–Crippen MR) is 89.3 cm³/mol. The Morgan fingerprint density at radius 2 is 2.12 bits per heavy atom. The number of amides is 1. The molecule has 128 valence electrons. The van der Waals surface area contributed by atoms with Gasteiger partial charge in [0.1, 0.15) is 0 Å². The van der Waals surface area contributed by atoms with Crippen LogP contribution >= 0.6 is 0 Å². The van der Waals surface area contributed by atoms with Gasteiger partial charge >= 0.3 is 0 Å². The molecule has 1 saturated carbocycles. The van der Waals surface area contributed by atoms with Gasteiger partial charge in [-0.05, 0) is 25.0 Å². The summed E-state index contributed by atoms with van der Waals surface area (Å²) in [5.74, 6) is 1.22. The lowest BCUT2D eigenvalue weighted by Gasteiger charge is -2.15. The molecule has 3 aromatic rings. The Labute approximate surface area is 142 Å².